The van der Waals surface area contributed by atoms with Crippen molar-refractivity contribution in [2.24, 2.45) is 0 Å². The topological polar surface area (TPSA) is 71.7 Å². The van der Waals surface area contributed by atoms with Crippen LogP contribution in [0.25, 0.3) is 10.9 Å². The van der Waals surface area contributed by atoms with E-state index in [-0.39, 0.29) is 11.4 Å². The number of phenols is 1. The number of aryl methyl sites for hydroxylation is 2. The van der Waals surface area contributed by atoms with Gasteiger partial charge in [-0.1, -0.05) is 6.07 Å². The molecule has 1 heterocycles. The van der Waals surface area contributed by atoms with Crippen molar-refractivity contribution in [2.75, 3.05) is 0 Å². The molecule has 3 aromatic rings. The molecule has 0 unspecified atom stereocenters. The first-order valence-corrected chi connectivity index (χ1v) is 8.84. The summed E-state index contributed by atoms with van der Waals surface area (Å²) < 4.78 is 1.40. The molecule has 134 valence electrons. The number of fused-ring (bicyclic) bond motifs is 2. The Bertz CT molecular complexity index is 1030. The highest BCUT2D eigenvalue weighted by Crippen LogP contribution is 2.36. The first-order valence-electron chi connectivity index (χ1n) is 8.84. The molecule has 0 aliphatic heterocycles. The summed E-state index contributed by atoms with van der Waals surface area (Å²) >= 11 is 0. The van der Waals surface area contributed by atoms with E-state index in [9.17, 15) is 15.0 Å². The minimum atomic E-state index is -1.04. The van der Waals surface area contributed by atoms with Crippen LogP contribution in [-0.2, 0) is 12.8 Å². The Morgan fingerprint density at radius 1 is 1.08 bits per heavy atom. The van der Waals surface area contributed by atoms with Crippen molar-refractivity contribution in [1.82, 2.24) is 4.73 Å². The van der Waals surface area contributed by atoms with E-state index in [1.165, 1.54) is 4.73 Å². The van der Waals surface area contributed by atoms with Crippen molar-refractivity contribution in [3.8, 4) is 11.5 Å². The zero-order valence-corrected chi connectivity index (χ0v) is 14.9. The summed E-state index contributed by atoms with van der Waals surface area (Å²) in [6.45, 7) is 3.94. The number of aromatic carboxylic acids is 1. The first kappa shape index (κ1) is 16.5. The summed E-state index contributed by atoms with van der Waals surface area (Å²) in [5.74, 6) is -0.142. The predicted molar refractivity (Wildman–Crippen MR) is 99.1 cm³/mol. The van der Waals surface area contributed by atoms with Crippen LogP contribution in [0.15, 0.2) is 30.3 Å². The van der Waals surface area contributed by atoms with Gasteiger partial charge in [-0.05, 0) is 74.9 Å². The van der Waals surface area contributed by atoms with Gasteiger partial charge < -0.3 is 15.1 Å². The van der Waals surface area contributed by atoms with Crippen molar-refractivity contribution >= 4 is 16.9 Å². The van der Waals surface area contributed by atoms with Gasteiger partial charge in [-0.25, -0.2) is 4.79 Å². The van der Waals surface area contributed by atoms with Crippen molar-refractivity contribution in [1.29, 1.82) is 0 Å². The Morgan fingerprint density at radius 2 is 1.81 bits per heavy atom. The van der Waals surface area contributed by atoms with E-state index in [2.05, 4.69) is 0 Å². The van der Waals surface area contributed by atoms with E-state index in [1.54, 1.807) is 18.2 Å². The first-order chi connectivity index (χ1) is 12.5. The third-order valence-electron chi connectivity index (χ3n) is 5.10. The van der Waals surface area contributed by atoms with Crippen LogP contribution in [0, 0.1) is 13.8 Å². The van der Waals surface area contributed by atoms with Gasteiger partial charge in [0.25, 0.3) is 0 Å². The molecule has 0 atom stereocenters. The van der Waals surface area contributed by atoms with Gasteiger partial charge in [-0.3, -0.25) is 0 Å². The van der Waals surface area contributed by atoms with Gasteiger partial charge in [0, 0.05) is 16.5 Å². The van der Waals surface area contributed by atoms with E-state index in [4.69, 9.17) is 4.84 Å². The van der Waals surface area contributed by atoms with Crippen LogP contribution in [0.3, 0.4) is 0 Å². The number of nitrogens with zero attached hydrogens (tertiary/aromatic N) is 1. The molecule has 5 nitrogen and oxygen atoms in total. The number of carbonyl (C=O) groups is 1. The van der Waals surface area contributed by atoms with Crippen molar-refractivity contribution in [2.45, 2.75) is 39.5 Å². The van der Waals surface area contributed by atoms with Gasteiger partial charge in [0.2, 0.25) is 0 Å². The van der Waals surface area contributed by atoms with Gasteiger partial charge in [0.05, 0.1) is 5.52 Å². The maximum absolute atomic E-state index is 11.8. The normalized spacial score (nSPS) is 13.6. The fraction of sp³-hybridized carbons (Fsp3) is 0.286. The molecule has 0 amide bonds. The molecule has 0 radical (unpaired) electrons. The zero-order chi connectivity index (χ0) is 18.4. The monoisotopic (exact) mass is 351 g/mol. The van der Waals surface area contributed by atoms with Crippen LogP contribution in [0.1, 0.15) is 45.6 Å². The lowest BCUT2D eigenvalue weighted by molar-refractivity contribution is 0.0658. The molecule has 5 heteroatoms. The SMILES string of the molecule is Cc1cc(C)c2cc(C(=O)O)n(Oc3ccc(O)c4c3CCCC4)c2c1. The summed E-state index contributed by atoms with van der Waals surface area (Å²) in [6.07, 6.45) is 3.70. The molecular weight excluding hydrogens is 330 g/mol. The Morgan fingerprint density at radius 3 is 2.54 bits per heavy atom. The van der Waals surface area contributed by atoms with Crippen LogP contribution in [-0.4, -0.2) is 20.9 Å². The second-order valence-corrected chi connectivity index (χ2v) is 6.98. The molecule has 1 aliphatic rings. The molecule has 2 aromatic carbocycles. The highest BCUT2D eigenvalue weighted by Gasteiger charge is 2.22. The van der Waals surface area contributed by atoms with Crippen molar-refractivity contribution in [3.63, 3.8) is 0 Å². The Hall–Kier alpha value is -2.95. The van der Waals surface area contributed by atoms with E-state index >= 15 is 0 Å². The molecule has 26 heavy (non-hydrogen) atoms. The Labute approximate surface area is 151 Å². The molecule has 0 bridgehead atoms. The molecule has 1 aromatic heterocycles. The predicted octanol–water partition coefficient (Wildman–Crippen LogP) is 4.38. The Balaban J connectivity index is 1.90. The van der Waals surface area contributed by atoms with E-state index in [1.807, 2.05) is 26.0 Å². The van der Waals surface area contributed by atoms with Crippen LogP contribution in [0.2, 0.25) is 0 Å². The number of hydrogen-bond acceptors (Lipinski definition) is 3. The van der Waals surface area contributed by atoms with Crippen LogP contribution in [0.5, 0.6) is 11.5 Å². The number of benzene rings is 2. The summed E-state index contributed by atoms with van der Waals surface area (Å²) in [4.78, 5) is 17.9. The Kier molecular flexibility index (Phi) is 3.87. The van der Waals surface area contributed by atoms with E-state index < -0.39 is 5.97 Å². The number of aromatic nitrogens is 1. The summed E-state index contributed by atoms with van der Waals surface area (Å²) in [6, 6.07) is 8.96. The van der Waals surface area contributed by atoms with Gasteiger partial charge in [-0.2, -0.15) is 4.73 Å². The number of hydrogen-bond donors (Lipinski definition) is 2. The maximum Gasteiger partial charge on any atom is 0.356 e. The molecule has 0 spiro atoms. The summed E-state index contributed by atoms with van der Waals surface area (Å²) in [5, 5.41) is 20.6. The number of phenolic OH excluding ortho intramolecular Hbond substituents is 1. The van der Waals surface area contributed by atoms with Gasteiger partial charge in [-0.15, -0.1) is 0 Å². The zero-order valence-electron chi connectivity index (χ0n) is 14.9. The fourth-order valence-corrected chi connectivity index (χ4v) is 3.88. The lowest BCUT2D eigenvalue weighted by atomic mass is 9.90. The average Bonchev–Trinajstić information content (AvgIpc) is 2.97. The van der Waals surface area contributed by atoms with E-state index in [0.29, 0.717) is 5.75 Å². The molecule has 1 aliphatic carbocycles. The standard InChI is InChI=1S/C21H21NO4/c1-12-9-13(2)16-11-18(21(24)25)22(17(16)10-12)26-20-8-7-19(23)14-5-3-4-6-15(14)20/h7-11,23H,3-6H2,1-2H3,(H,24,25). The largest absolute Gasteiger partial charge is 0.508 e. The summed E-state index contributed by atoms with van der Waals surface area (Å²) in [5.41, 5.74) is 4.76. The second-order valence-electron chi connectivity index (χ2n) is 6.98. The highest BCUT2D eigenvalue weighted by molar-refractivity contribution is 5.95. The number of carboxylic acids is 1. The average molecular weight is 351 g/mol. The quantitative estimate of drug-likeness (QED) is 0.734. The third kappa shape index (κ3) is 2.60. The maximum atomic E-state index is 11.8. The molecule has 4 rings (SSSR count). The van der Waals surface area contributed by atoms with Gasteiger partial charge in [0.15, 0.2) is 11.4 Å². The third-order valence-corrected chi connectivity index (χ3v) is 5.10. The second kappa shape index (κ2) is 6.09. The molecule has 0 saturated carbocycles. The highest BCUT2D eigenvalue weighted by atomic mass is 16.7. The van der Waals surface area contributed by atoms with Gasteiger partial charge in [0.1, 0.15) is 5.75 Å². The minimum absolute atomic E-state index is 0.0892. The molecular formula is C21H21NO4. The van der Waals surface area contributed by atoms with Gasteiger partial charge >= 0.3 is 5.97 Å². The van der Waals surface area contributed by atoms with Crippen LogP contribution >= 0.6 is 0 Å². The molecule has 0 saturated heterocycles. The number of aromatic hydroxyl groups is 1. The molecule has 0 fully saturated rings. The van der Waals surface area contributed by atoms with Crippen LogP contribution < -0.4 is 4.84 Å². The number of carboxylic acid groups (broad SMARTS) is 1. The fourth-order valence-electron chi connectivity index (χ4n) is 3.88. The lowest BCUT2D eigenvalue weighted by Crippen LogP contribution is -2.15. The van der Waals surface area contributed by atoms with Crippen molar-refractivity contribution in [3.05, 3.63) is 58.3 Å². The smallest absolute Gasteiger partial charge is 0.356 e. The molecule has 2 N–H and O–H groups in total. The summed E-state index contributed by atoms with van der Waals surface area (Å²) in [7, 11) is 0. The van der Waals surface area contributed by atoms with Crippen molar-refractivity contribution < 1.29 is 19.8 Å². The number of rotatable bonds is 3. The lowest BCUT2D eigenvalue weighted by Gasteiger charge is -2.21. The van der Waals surface area contributed by atoms with E-state index in [0.717, 1.165) is 58.8 Å². The minimum Gasteiger partial charge on any atom is -0.508 e. The van der Waals surface area contributed by atoms with Crippen LogP contribution in [0.4, 0.5) is 0 Å².